The fraction of sp³-hybridized carbons (Fsp3) is 0.286. The Morgan fingerprint density at radius 1 is 1.14 bits per heavy atom. The number of carbonyl (C=O) groups is 1. The lowest BCUT2D eigenvalue weighted by Gasteiger charge is -2.13. The number of fused-ring (bicyclic) bond motifs is 1. The van der Waals surface area contributed by atoms with E-state index in [1.54, 1.807) is 24.3 Å². The summed E-state index contributed by atoms with van der Waals surface area (Å²) in [6, 6.07) is 14.3. The number of sulfone groups is 1. The van der Waals surface area contributed by atoms with Gasteiger partial charge in [-0.15, -0.1) is 0 Å². The summed E-state index contributed by atoms with van der Waals surface area (Å²) in [6.45, 7) is 0.143. The molecule has 148 valence electrons. The largest absolute Gasteiger partial charge is 0.387 e. The molecule has 3 rings (SSSR count). The highest BCUT2D eigenvalue weighted by atomic mass is 32.2. The Bertz CT molecular complexity index is 1090. The molecule has 0 aliphatic carbocycles. The van der Waals surface area contributed by atoms with Crippen LogP contribution in [0.15, 0.2) is 59.6 Å². The molecule has 0 aliphatic heterocycles. The van der Waals surface area contributed by atoms with E-state index in [0.29, 0.717) is 6.42 Å². The van der Waals surface area contributed by atoms with Gasteiger partial charge in [0.05, 0.1) is 11.0 Å². The molecule has 7 heteroatoms. The van der Waals surface area contributed by atoms with Crippen molar-refractivity contribution in [2.45, 2.75) is 23.8 Å². The minimum absolute atomic E-state index is 0.143. The predicted molar refractivity (Wildman–Crippen MR) is 109 cm³/mol. The molecule has 1 heterocycles. The Labute approximate surface area is 164 Å². The van der Waals surface area contributed by atoms with Crippen molar-refractivity contribution in [3.8, 4) is 0 Å². The van der Waals surface area contributed by atoms with E-state index in [0.717, 1.165) is 28.3 Å². The van der Waals surface area contributed by atoms with Crippen molar-refractivity contribution in [1.82, 2.24) is 9.88 Å². The van der Waals surface area contributed by atoms with Crippen molar-refractivity contribution in [2.24, 2.45) is 7.05 Å². The number of hydrogen-bond acceptors (Lipinski definition) is 4. The average molecular weight is 401 g/mol. The number of aliphatic hydroxyl groups excluding tert-OH is 1. The van der Waals surface area contributed by atoms with Gasteiger partial charge in [-0.05, 0) is 53.3 Å². The van der Waals surface area contributed by atoms with Crippen LogP contribution >= 0.6 is 0 Å². The van der Waals surface area contributed by atoms with Crippen LogP contribution in [0.1, 0.15) is 23.7 Å². The Kier molecular flexibility index (Phi) is 5.86. The first kappa shape index (κ1) is 20.1. The Hall–Kier alpha value is -2.64. The number of nitrogens with zero attached hydrogens (tertiary/aromatic N) is 1. The second-order valence-corrected chi connectivity index (χ2v) is 9.00. The first-order valence-electron chi connectivity index (χ1n) is 9.03. The third kappa shape index (κ3) is 4.79. The van der Waals surface area contributed by atoms with Gasteiger partial charge >= 0.3 is 0 Å². The van der Waals surface area contributed by atoms with Crippen LogP contribution in [0, 0.1) is 0 Å². The van der Waals surface area contributed by atoms with Gasteiger partial charge < -0.3 is 15.0 Å². The number of aliphatic hydroxyl groups is 1. The van der Waals surface area contributed by atoms with Crippen LogP contribution in [0.25, 0.3) is 10.9 Å². The number of carbonyl (C=O) groups excluding carboxylic acids is 1. The molecule has 0 spiro atoms. The summed E-state index contributed by atoms with van der Waals surface area (Å²) in [5.74, 6) is -0.160. The second kappa shape index (κ2) is 8.16. The number of nitrogens with one attached hydrogen (secondary N) is 1. The van der Waals surface area contributed by atoms with Crippen molar-refractivity contribution in [3.63, 3.8) is 0 Å². The molecule has 28 heavy (non-hydrogen) atoms. The molecule has 6 nitrogen and oxygen atoms in total. The van der Waals surface area contributed by atoms with Gasteiger partial charge in [0, 0.05) is 38.0 Å². The molecule has 0 fully saturated rings. The smallest absolute Gasteiger partial charge is 0.220 e. The molecule has 1 aromatic heterocycles. The zero-order chi connectivity index (χ0) is 20.3. The zero-order valence-electron chi connectivity index (χ0n) is 15.9. The molecule has 0 radical (unpaired) electrons. The maximum absolute atomic E-state index is 12.1. The van der Waals surface area contributed by atoms with E-state index in [4.69, 9.17) is 0 Å². The van der Waals surface area contributed by atoms with Gasteiger partial charge in [-0.3, -0.25) is 4.79 Å². The van der Waals surface area contributed by atoms with Gasteiger partial charge in [0.2, 0.25) is 5.91 Å². The highest BCUT2D eigenvalue weighted by molar-refractivity contribution is 7.90. The van der Waals surface area contributed by atoms with Crippen LogP contribution in [-0.4, -0.2) is 36.8 Å². The van der Waals surface area contributed by atoms with E-state index >= 15 is 0 Å². The molecule has 0 saturated carbocycles. The molecule has 0 aliphatic rings. The van der Waals surface area contributed by atoms with E-state index in [2.05, 4.69) is 5.32 Å². The monoisotopic (exact) mass is 400 g/mol. The number of aromatic nitrogens is 1. The average Bonchev–Trinajstić information content (AvgIpc) is 3.04. The number of amides is 1. The Morgan fingerprint density at radius 2 is 1.86 bits per heavy atom. The number of hydrogen-bond donors (Lipinski definition) is 2. The van der Waals surface area contributed by atoms with Crippen molar-refractivity contribution >= 4 is 26.6 Å². The summed E-state index contributed by atoms with van der Waals surface area (Å²) < 4.78 is 24.9. The van der Waals surface area contributed by atoms with Crippen molar-refractivity contribution in [2.75, 3.05) is 12.8 Å². The minimum atomic E-state index is -3.22. The fourth-order valence-corrected chi connectivity index (χ4v) is 3.72. The highest BCUT2D eigenvalue weighted by Gasteiger charge is 2.12. The van der Waals surface area contributed by atoms with Gasteiger partial charge in [0.25, 0.3) is 0 Å². The normalized spacial score (nSPS) is 12.8. The molecule has 3 aromatic rings. The quantitative estimate of drug-likeness (QED) is 0.637. The van der Waals surface area contributed by atoms with Crippen molar-refractivity contribution < 1.29 is 18.3 Å². The van der Waals surface area contributed by atoms with E-state index < -0.39 is 15.9 Å². The van der Waals surface area contributed by atoms with Gasteiger partial charge in [-0.1, -0.05) is 18.2 Å². The maximum atomic E-state index is 12.1. The molecule has 1 atom stereocenters. The molecule has 2 aromatic carbocycles. The first-order valence-corrected chi connectivity index (χ1v) is 10.9. The summed E-state index contributed by atoms with van der Waals surface area (Å²) in [4.78, 5) is 12.3. The molecule has 0 saturated heterocycles. The summed E-state index contributed by atoms with van der Waals surface area (Å²) >= 11 is 0. The van der Waals surface area contributed by atoms with Gasteiger partial charge in [0.15, 0.2) is 9.84 Å². The van der Waals surface area contributed by atoms with Crippen LogP contribution in [0.2, 0.25) is 0 Å². The summed E-state index contributed by atoms with van der Waals surface area (Å²) in [5.41, 5.74) is 2.73. The summed E-state index contributed by atoms with van der Waals surface area (Å²) in [6.07, 6.45) is 3.12. The van der Waals surface area contributed by atoms with Crippen LogP contribution in [-0.2, 0) is 28.1 Å². The number of aryl methyl sites for hydroxylation is 2. The third-order valence-corrected chi connectivity index (χ3v) is 5.91. The lowest BCUT2D eigenvalue weighted by Crippen LogP contribution is -2.28. The van der Waals surface area contributed by atoms with Crippen molar-refractivity contribution in [1.29, 1.82) is 0 Å². The summed E-state index contributed by atoms with van der Waals surface area (Å²) in [5, 5.41) is 14.1. The lowest BCUT2D eigenvalue weighted by molar-refractivity contribution is -0.121. The number of rotatable bonds is 7. The maximum Gasteiger partial charge on any atom is 0.220 e. The Morgan fingerprint density at radius 3 is 2.54 bits per heavy atom. The SMILES string of the molecule is Cn1ccc2cc([C@H](O)CNC(=O)CCc3ccc(S(C)(=O)=O)cc3)ccc21. The summed E-state index contributed by atoms with van der Waals surface area (Å²) in [7, 11) is -1.25. The highest BCUT2D eigenvalue weighted by Crippen LogP contribution is 2.21. The van der Waals surface area contributed by atoms with Crippen molar-refractivity contribution in [3.05, 3.63) is 65.9 Å². The lowest BCUT2D eigenvalue weighted by atomic mass is 10.1. The van der Waals surface area contributed by atoms with E-state index in [1.807, 2.05) is 42.1 Å². The van der Waals surface area contributed by atoms with Gasteiger partial charge in [-0.25, -0.2) is 8.42 Å². The van der Waals surface area contributed by atoms with Crippen LogP contribution in [0.3, 0.4) is 0 Å². The molecular formula is C21H24N2O4S. The van der Waals surface area contributed by atoms with Crippen LogP contribution in [0.4, 0.5) is 0 Å². The standard InChI is InChI=1S/C21H24N2O4S/c1-23-12-11-16-13-17(6-9-19(16)23)20(24)14-22-21(25)10-5-15-3-7-18(8-4-15)28(2,26)27/h3-4,6-9,11-13,20,24H,5,10,14H2,1-2H3,(H,22,25)/t20-/m1/s1. The second-order valence-electron chi connectivity index (χ2n) is 6.98. The zero-order valence-corrected chi connectivity index (χ0v) is 16.7. The molecule has 0 unspecified atom stereocenters. The number of benzene rings is 2. The Balaban J connectivity index is 1.50. The topological polar surface area (TPSA) is 88.4 Å². The molecule has 2 N–H and O–H groups in total. The molecular weight excluding hydrogens is 376 g/mol. The van der Waals surface area contributed by atoms with Crippen LogP contribution in [0.5, 0.6) is 0 Å². The van der Waals surface area contributed by atoms with E-state index in [1.165, 1.54) is 0 Å². The van der Waals surface area contributed by atoms with Gasteiger partial charge in [0.1, 0.15) is 0 Å². The third-order valence-electron chi connectivity index (χ3n) is 4.78. The predicted octanol–water partition coefficient (Wildman–Crippen LogP) is 2.36. The molecule has 1 amide bonds. The fourth-order valence-electron chi connectivity index (χ4n) is 3.09. The first-order chi connectivity index (χ1) is 13.2. The molecule has 0 bridgehead atoms. The van der Waals surface area contributed by atoms with E-state index in [-0.39, 0.29) is 23.8 Å². The van der Waals surface area contributed by atoms with E-state index in [9.17, 15) is 18.3 Å². The van der Waals surface area contributed by atoms with Gasteiger partial charge in [-0.2, -0.15) is 0 Å². The minimum Gasteiger partial charge on any atom is -0.387 e. The van der Waals surface area contributed by atoms with Crippen LogP contribution < -0.4 is 5.32 Å².